The van der Waals surface area contributed by atoms with Crippen molar-refractivity contribution in [3.63, 3.8) is 0 Å². The first-order chi connectivity index (χ1) is 7.85. The highest BCUT2D eigenvalue weighted by Crippen LogP contribution is 2.45. The lowest BCUT2D eigenvalue weighted by Crippen LogP contribution is -2.62. The molecule has 0 heterocycles. The largest absolute Gasteiger partial charge is 0.378 e. The smallest absolute Gasteiger partial charge is 0.0655 e. The molecule has 0 aromatic rings. The number of nitrogens with one attached hydrogen (secondary N) is 1. The maximum atomic E-state index is 5.79. The molecule has 0 spiro atoms. The van der Waals surface area contributed by atoms with Gasteiger partial charge in [-0.2, -0.15) is 0 Å². The van der Waals surface area contributed by atoms with Gasteiger partial charge in [0.15, 0.2) is 0 Å². The summed E-state index contributed by atoms with van der Waals surface area (Å²) in [6, 6.07) is 1.38. The molecule has 2 rings (SSSR count). The molecule has 0 aromatic carbocycles. The van der Waals surface area contributed by atoms with Crippen LogP contribution in [0.2, 0.25) is 0 Å². The Bertz CT molecular complexity index is 272. The summed E-state index contributed by atoms with van der Waals surface area (Å²) in [5.41, 5.74) is 0.855. The minimum absolute atomic E-state index is 0.308. The molecule has 0 bridgehead atoms. The van der Waals surface area contributed by atoms with Crippen molar-refractivity contribution in [1.82, 2.24) is 5.32 Å². The van der Waals surface area contributed by atoms with Crippen LogP contribution in [0.1, 0.15) is 60.3 Å². The Morgan fingerprint density at radius 3 is 2.41 bits per heavy atom. The molecule has 2 nitrogen and oxygen atoms in total. The maximum absolute atomic E-state index is 5.79. The van der Waals surface area contributed by atoms with E-state index >= 15 is 0 Å². The van der Waals surface area contributed by atoms with Gasteiger partial charge in [-0.25, -0.2) is 0 Å². The second-order valence-corrected chi connectivity index (χ2v) is 7.32. The van der Waals surface area contributed by atoms with E-state index in [0.717, 1.165) is 12.6 Å². The second kappa shape index (κ2) is 4.55. The topological polar surface area (TPSA) is 21.3 Å². The lowest BCUT2D eigenvalue weighted by Gasteiger charge is -2.52. The van der Waals surface area contributed by atoms with E-state index in [2.05, 4.69) is 39.9 Å². The summed E-state index contributed by atoms with van der Waals surface area (Å²) < 4.78 is 5.79. The Labute approximate surface area is 107 Å². The highest BCUT2D eigenvalue weighted by atomic mass is 16.5. The molecular weight excluding hydrogens is 210 g/mol. The molecule has 17 heavy (non-hydrogen) atoms. The zero-order valence-corrected chi connectivity index (χ0v) is 12.2. The van der Waals surface area contributed by atoms with Gasteiger partial charge in [0.2, 0.25) is 0 Å². The average Bonchev–Trinajstić information content (AvgIpc) is 2.57. The minimum Gasteiger partial charge on any atom is -0.378 e. The summed E-state index contributed by atoms with van der Waals surface area (Å²) >= 11 is 0. The first kappa shape index (κ1) is 13.4. The van der Waals surface area contributed by atoms with Crippen LogP contribution >= 0.6 is 0 Å². The van der Waals surface area contributed by atoms with Crippen LogP contribution in [-0.2, 0) is 4.74 Å². The average molecular weight is 239 g/mol. The van der Waals surface area contributed by atoms with Gasteiger partial charge >= 0.3 is 0 Å². The van der Waals surface area contributed by atoms with E-state index in [1.165, 1.54) is 25.7 Å². The SMILES string of the molecule is CCOC1CC(NC2CCC(C)(C)C2)C1(C)C. The molecule has 3 atom stereocenters. The van der Waals surface area contributed by atoms with Crippen molar-refractivity contribution in [2.24, 2.45) is 10.8 Å². The molecule has 0 amide bonds. The van der Waals surface area contributed by atoms with Crippen LogP contribution in [0.25, 0.3) is 0 Å². The van der Waals surface area contributed by atoms with Gasteiger partial charge in [0.1, 0.15) is 0 Å². The summed E-state index contributed by atoms with van der Waals surface area (Å²) in [5.74, 6) is 0. The number of ether oxygens (including phenoxy) is 1. The van der Waals surface area contributed by atoms with Crippen molar-refractivity contribution >= 4 is 0 Å². The third kappa shape index (κ3) is 2.68. The van der Waals surface area contributed by atoms with Crippen LogP contribution in [0.4, 0.5) is 0 Å². The van der Waals surface area contributed by atoms with E-state index < -0.39 is 0 Å². The summed E-state index contributed by atoms with van der Waals surface area (Å²) in [6.07, 6.45) is 5.70. The van der Waals surface area contributed by atoms with E-state index in [0.29, 0.717) is 23.0 Å². The molecule has 2 heteroatoms. The van der Waals surface area contributed by atoms with Crippen LogP contribution in [0.3, 0.4) is 0 Å². The lowest BCUT2D eigenvalue weighted by atomic mass is 9.64. The van der Waals surface area contributed by atoms with Crippen LogP contribution < -0.4 is 5.32 Å². The van der Waals surface area contributed by atoms with Crippen molar-refractivity contribution < 1.29 is 4.74 Å². The number of hydrogen-bond acceptors (Lipinski definition) is 2. The van der Waals surface area contributed by atoms with E-state index in [1.807, 2.05) is 0 Å². The monoisotopic (exact) mass is 239 g/mol. The van der Waals surface area contributed by atoms with Gasteiger partial charge in [0, 0.05) is 24.1 Å². The van der Waals surface area contributed by atoms with Gasteiger partial charge in [-0.3, -0.25) is 0 Å². The van der Waals surface area contributed by atoms with Crippen LogP contribution in [0, 0.1) is 10.8 Å². The van der Waals surface area contributed by atoms with Crippen LogP contribution in [-0.4, -0.2) is 24.8 Å². The standard InChI is InChI=1S/C15H29NO/c1-6-17-13-9-12(15(13,4)5)16-11-7-8-14(2,3)10-11/h11-13,16H,6-10H2,1-5H3. The summed E-state index contributed by atoms with van der Waals surface area (Å²) in [4.78, 5) is 0. The van der Waals surface area contributed by atoms with E-state index in [9.17, 15) is 0 Å². The fourth-order valence-electron chi connectivity index (χ4n) is 3.52. The maximum Gasteiger partial charge on any atom is 0.0655 e. The minimum atomic E-state index is 0.308. The molecule has 100 valence electrons. The first-order valence-corrected chi connectivity index (χ1v) is 7.23. The zero-order valence-electron chi connectivity index (χ0n) is 12.2. The van der Waals surface area contributed by atoms with Crippen molar-refractivity contribution in [3.05, 3.63) is 0 Å². The van der Waals surface area contributed by atoms with Gasteiger partial charge < -0.3 is 10.1 Å². The van der Waals surface area contributed by atoms with Gasteiger partial charge in [-0.1, -0.05) is 27.7 Å². The predicted octanol–water partition coefficient (Wildman–Crippen LogP) is 3.36. The van der Waals surface area contributed by atoms with Crippen LogP contribution in [0.5, 0.6) is 0 Å². The van der Waals surface area contributed by atoms with Gasteiger partial charge in [-0.05, 0) is 38.0 Å². The third-order valence-electron chi connectivity index (χ3n) is 4.95. The summed E-state index contributed by atoms with van der Waals surface area (Å²) in [5, 5.41) is 3.87. The summed E-state index contributed by atoms with van der Waals surface area (Å²) in [7, 11) is 0. The van der Waals surface area contributed by atoms with Crippen molar-refractivity contribution in [3.8, 4) is 0 Å². The Balaban J connectivity index is 1.82. The van der Waals surface area contributed by atoms with Gasteiger partial charge in [-0.15, -0.1) is 0 Å². The van der Waals surface area contributed by atoms with Gasteiger partial charge in [0.25, 0.3) is 0 Å². The lowest BCUT2D eigenvalue weighted by molar-refractivity contribution is -0.116. The number of hydrogen-bond donors (Lipinski definition) is 1. The van der Waals surface area contributed by atoms with Crippen molar-refractivity contribution in [2.75, 3.05) is 6.61 Å². The van der Waals surface area contributed by atoms with Crippen molar-refractivity contribution in [2.45, 2.75) is 78.5 Å². The summed E-state index contributed by atoms with van der Waals surface area (Å²) in [6.45, 7) is 12.4. The van der Waals surface area contributed by atoms with Crippen molar-refractivity contribution in [1.29, 1.82) is 0 Å². The third-order valence-corrected chi connectivity index (χ3v) is 4.95. The fourth-order valence-corrected chi connectivity index (χ4v) is 3.52. The molecule has 2 saturated carbocycles. The normalized spacial score (nSPS) is 39.0. The molecule has 2 fully saturated rings. The molecule has 0 aromatic heterocycles. The fraction of sp³-hybridized carbons (Fsp3) is 1.00. The predicted molar refractivity (Wildman–Crippen MR) is 72.2 cm³/mol. The highest BCUT2D eigenvalue weighted by Gasteiger charge is 2.49. The molecule has 2 aliphatic carbocycles. The zero-order chi connectivity index (χ0) is 12.7. The molecular formula is C15H29NO. The Hall–Kier alpha value is -0.0800. The number of rotatable bonds is 4. The highest BCUT2D eigenvalue weighted by molar-refractivity contribution is 5.04. The van der Waals surface area contributed by atoms with E-state index in [-0.39, 0.29) is 0 Å². The molecule has 0 saturated heterocycles. The molecule has 1 N–H and O–H groups in total. The second-order valence-electron chi connectivity index (χ2n) is 7.32. The van der Waals surface area contributed by atoms with Gasteiger partial charge in [0.05, 0.1) is 6.10 Å². The molecule has 2 aliphatic rings. The molecule has 0 aliphatic heterocycles. The van der Waals surface area contributed by atoms with E-state index in [4.69, 9.17) is 4.74 Å². The molecule has 3 unspecified atom stereocenters. The quantitative estimate of drug-likeness (QED) is 0.812. The Kier molecular flexibility index (Phi) is 3.57. The Morgan fingerprint density at radius 2 is 1.94 bits per heavy atom. The van der Waals surface area contributed by atoms with Crippen LogP contribution in [0.15, 0.2) is 0 Å². The first-order valence-electron chi connectivity index (χ1n) is 7.23. The molecule has 0 radical (unpaired) electrons. The van der Waals surface area contributed by atoms with E-state index in [1.54, 1.807) is 0 Å². The Morgan fingerprint density at radius 1 is 1.24 bits per heavy atom.